The van der Waals surface area contributed by atoms with Crippen LogP contribution in [0, 0.1) is 23.2 Å². The van der Waals surface area contributed by atoms with Crippen LogP contribution in [0.3, 0.4) is 0 Å². The number of allylic oxidation sites excluding steroid dienone is 3. The van der Waals surface area contributed by atoms with Gasteiger partial charge in [0.25, 0.3) is 0 Å². The topological polar surface area (TPSA) is 46.5 Å². The average molecular weight is 332 g/mol. The summed E-state index contributed by atoms with van der Waals surface area (Å²) >= 11 is 0. The van der Waals surface area contributed by atoms with E-state index in [1.165, 1.54) is 11.1 Å². The Morgan fingerprint density at radius 3 is 2.71 bits per heavy atom. The molecule has 0 radical (unpaired) electrons. The molecule has 0 aromatic carbocycles. The molecule has 0 unspecified atom stereocenters. The highest BCUT2D eigenvalue weighted by molar-refractivity contribution is 5.85. The smallest absolute Gasteiger partial charge is 0.140 e. The molecule has 3 nitrogen and oxygen atoms in total. The fourth-order valence-corrected chi connectivity index (χ4v) is 5.27. The van der Waals surface area contributed by atoms with Crippen LogP contribution in [-0.4, -0.2) is 30.2 Å². The maximum absolute atomic E-state index is 13.0. The summed E-state index contributed by atoms with van der Waals surface area (Å²) in [6.45, 7) is 9.09. The molecular formula is C21H32O3. The number of carbonyl (C=O) groups excluding carboxylic acids is 1. The molecule has 0 aliphatic heterocycles. The van der Waals surface area contributed by atoms with E-state index in [1.807, 2.05) is 6.92 Å². The maximum Gasteiger partial charge on any atom is 0.140 e. The van der Waals surface area contributed by atoms with Gasteiger partial charge in [-0.05, 0) is 43.1 Å². The van der Waals surface area contributed by atoms with Crippen molar-refractivity contribution in [3.8, 4) is 0 Å². The van der Waals surface area contributed by atoms with Crippen LogP contribution in [0.5, 0.6) is 0 Å². The van der Waals surface area contributed by atoms with Crippen molar-refractivity contribution in [3.63, 3.8) is 0 Å². The monoisotopic (exact) mass is 332 g/mol. The fourth-order valence-electron chi connectivity index (χ4n) is 5.27. The highest BCUT2D eigenvalue weighted by Gasteiger charge is 2.50. The summed E-state index contributed by atoms with van der Waals surface area (Å²) in [6.07, 6.45) is 6.62. The van der Waals surface area contributed by atoms with Crippen LogP contribution < -0.4 is 0 Å². The quantitative estimate of drug-likeness (QED) is 0.793. The molecule has 24 heavy (non-hydrogen) atoms. The van der Waals surface area contributed by atoms with E-state index < -0.39 is 5.60 Å². The van der Waals surface area contributed by atoms with Crippen molar-refractivity contribution in [2.45, 2.75) is 65.4 Å². The van der Waals surface area contributed by atoms with Gasteiger partial charge in [0.2, 0.25) is 0 Å². The number of methoxy groups -OCH3 is 1. The zero-order valence-electron chi connectivity index (χ0n) is 15.8. The van der Waals surface area contributed by atoms with Gasteiger partial charge in [0, 0.05) is 24.9 Å². The first kappa shape index (κ1) is 17.9. The number of hydrogen-bond donors (Lipinski definition) is 1. The first-order valence-corrected chi connectivity index (χ1v) is 9.41. The van der Waals surface area contributed by atoms with E-state index in [4.69, 9.17) is 4.74 Å². The summed E-state index contributed by atoms with van der Waals surface area (Å²) < 4.78 is 5.33. The fraction of sp³-hybridized carbons (Fsp3) is 0.762. The Morgan fingerprint density at radius 1 is 1.38 bits per heavy atom. The number of Topliss-reactive ketones (excluding diaryl/α,β-unsaturated/α-hetero) is 1. The van der Waals surface area contributed by atoms with Crippen molar-refractivity contribution >= 4 is 5.78 Å². The molecule has 0 aromatic rings. The molecule has 1 N–H and O–H groups in total. The van der Waals surface area contributed by atoms with Crippen LogP contribution in [0.15, 0.2) is 22.8 Å². The Morgan fingerprint density at radius 2 is 2.08 bits per heavy atom. The predicted octanol–water partition coefficient (Wildman–Crippen LogP) is 4.06. The molecule has 3 aliphatic carbocycles. The van der Waals surface area contributed by atoms with Gasteiger partial charge in [-0.25, -0.2) is 0 Å². The van der Waals surface area contributed by atoms with E-state index in [-0.39, 0.29) is 17.3 Å². The van der Waals surface area contributed by atoms with E-state index in [1.54, 1.807) is 7.11 Å². The minimum atomic E-state index is -0.903. The predicted molar refractivity (Wildman–Crippen MR) is 95.6 cm³/mol. The molecule has 3 heteroatoms. The summed E-state index contributed by atoms with van der Waals surface area (Å²) in [5.41, 5.74) is 2.86. The zero-order valence-corrected chi connectivity index (χ0v) is 15.8. The highest BCUT2D eigenvalue weighted by atomic mass is 16.5. The lowest BCUT2D eigenvalue weighted by Crippen LogP contribution is -2.37. The number of ether oxygens (including phenoxy) is 1. The molecule has 134 valence electrons. The van der Waals surface area contributed by atoms with Crippen molar-refractivity contribution in [2.24, 2.45) is 23.2 Å². The standard InChI is InChI=1S/C21H32O3/c1-13(2)15-6-8-20(4)11-18-16(7-9-21(18,23)12-24-5)14(3)19(22)10-17(15)20/h11,13-14,16,23H,6-10,12H2,1-5H3/b18-11+/t14-,16+,20-,21+/m1/s1. The largest absolute Gasteiger partial charge is 0.383 e. The van der Waals surface area contributed by atoms with Gasteiger partial charge in [-0.1, -0.05) is 44.9 Å². The number of fused-ring (bicyclic) bond motifs is 2. The highest BCUT2D eigenvalue weighted by Crippen LogP contribution is 2.54. The van der Waals surface area contributed by atoms with Gasteiger partial charge in [-0.3, -0.25) is 4.79 Å². The second kappa shape index (κ2) is 6.10. The SMILES string of the molecule is COC[C@@]1(O)CC[C@@H]2/C1=C\[C@@]1(C)CCC(C(C)C)=C1CC(=O)[C@@H]2C. The number of carbonyl (C=O) groups is 1. The third-order valence-electron chi connectivity index (χ3n) is 6.81. The Labute approximate surface area is 146 Å². The van der Waals surface area contributed by atoms with Crippen LogP contribution in [0.2, 0.25) is 0 Å². The Kier molecular flexibility index (Phi) is 4.55. The van der Waals surface area contributed by atoms with Crippen LogP contribution >= 0.6 is 0 Å². The van der Waals surface area contributed by atoms with Gasteiger partial charge in [0.15, 0.2) is 0 Å². The van der Waals surface area contributed by atoms with Crippen LogP contribution in [-0.2, 0) is 9.53 Å². The minimum absolute atomic E-state index is 0.0202. The summed E-state index contributed by atoms with van der Waals surface area (Å²) in [5, 5.41) is 11.2. The zero-order chi connectivity index (χ0) is 17.7. The summed E-state index contributed by atoms with van der Waals surface area (Å²) in [6, 6.07) is 0. The lowest BCUT2D eigenvalue weighted by atomic mass is 9.70. The lowest BCUT2D eigenvalue weighted by molar-refractivity contribution is -0.123. The van der Waals surface area contributed by atoms with E-state index in [0.29, 0.717) is 31.1 Å². The number of ketones is 1. The Balaban J connectivity index is 2.14. The minimum Gasteiger partial charge on any atom is -0.383 e. The summed E-state index contributed by atoms with van der Waals surface area (Å²) in [7, 11) is 1.64. The number of rotatable bonds is 3. The van der Waals surface area contributed by atoms with E-state index in [0.717, 1.165) is 24.8 Å². The van der Waals surface area contributed by atoms with Crippen LogP contribution in [0.4, 0.5) is 0 Å². The van der Waals surface area contributed by atoms with Crippen LogP contribution in [0.1, 0.15) is 59.8 Å². The average Bonchev–Trinajstić information content (AvgIpc) is 2.98. The second-order valence-electron chi connectivity index (χ2n) is 8.72. The molecule has 0 bridgehead atoms. The van der Waals surface area contributed by atoms with Gasteiger partial charge in [-0.15, -0.1) is 0 Å². The summed E-state index contributed by atoms with van der Waals surface area (Å²) in [4.78, 5) is 13.0. The van der Waals surface area contributed by atoms with Gasteiger partial charge in [0.05, 0.1) is 6.61 Å². The first-order valence-electron chi connectivity index (χ1n) is 9.41. The molecule has 3 aliphatic rings. The van der Waals surface area contributed by atoms with Crippen molar-refractivity contribution in [1.82, 2.24) is 0 Å². The molecule has 0 saturated heterocycles. The molecule has 1 saturated carbocycles. The molecule has 1 fully saturated rings. The van der Waals surface area contributed by atoms with Gasteiger partial charge in [-0.2, -0.15) is 0 Å². The van der Waals surface area contributed by atoms with Crippen molar-refractivity contribution in [3.05, 3.63) is 22.8 Å². The third kappa shape index (κ3) is 2.70. The molecule has 0 aromatic heterocycles. The van der Waals surface area contributed by atoms with Crippen molar-refractivity contribution in [1.29, 1.82) is 0 Å². The van der Waals surface area contributed by atoms with Crippen molar-refractivity contribution < 1.29 is 14.6 Å². The van der Waals surface area contributed by atoms with Gasteiger partial charge in [0.1, 0.15) is 11.4 Å². The number of aliphatic hydroxyl groups is 1. The van der Waals surface area contributed by atoms with Crippen LogP contribution in [0.25, 0.3) is 0 Å². The Bertz CT molecular complexity index is 600. The third-order valence-corrected chi connectivity index (χ3v) is 6.81. The first-order chi connectivity index (χ1) is 11.2. The summed E-state index contributed by atoms with van der Waals surface area (Å²) in [5.74, 6) is 0.973. The molecule has 3 rings (SSSR count). The molecule has 0 amide bonds. The normalized spacial score (nSPS) is 41.8. The van der Waals surface area contributed by atoms with Gasteiger partial charge < -0.3 is 9.84 Å². The van der Waals surface area contributed by atoms with Gasteiger partial charge >= 0.3 is 0 Å². The van der Waals surface area contributed by atoms with E-state index in [2.05, 4.69) is 26.8 Å². The molecule has 0 spiro atoms. The number of hydrogen-bond acceptors (Lipinski definition) is 3. The Hall–Kier alpha value is -0.930. The second-order valence-corrected chi connectivity index (χ2v) is 8.72. The van der Waals surface area contributed by atoms with Crippen molar-refractivity contribution in [2.75, 3.05) is 13.7 Å². The molecular weight excluding hydrogens is 300 g/mol. The lowest BCUT2D eigenvalue weighted by Gasteiger charge is -2.36. The molecule has 4 atom stereocenters. The molecule has 0 heterocycles. The van der Waals surface area contributed by atoms with E-state index >= 15 is 0 Å². The van der Waals surface area contributed by atoms with E-state index in [9.17, 15) is 9.90 Å². The maximum atomic E-state index is 13.0.